The predicted molar refractivity (Wildman–Crippen MR) is 72.4 cm³/mol. The van der Waals surface area contributed by atoms with E-state index in [1.165, 1.54) is 0 Å². The summed E-state index contributed by atoms with van der Waals surface area (Å²) in [5, 5.41) is 3.36. The van der Waals surface area contributed by atoms with Gasteiger partial charge in [0.25, 0.3) is 5.91 Å². The van der Waals surface area contributed by atoms with E-state index < -0.39 is 5.91 Å². The first-order chi connectivity index (χ1) is 8.50. The fraction of sp³-hybridized carbons (Fsp3) is 0.500. The molecule has 0 atom stereocenters. The zero-order valence-electron chi connectivity index (χ0n) is 11.3. The molecule has 0 saturated carbocycles. The van der Waals surface area contributed by atoms with Crippen molar-refractivity contribution in [1.29, 1.82) is 0 Å². The summed E-state index contributed by atoms with van der Waals surface area (Å²) in [6.45, 7) is 7.88. The molecule has 0 unspecified atom stereocenters. The third-order valence-corrected chi connectivity index (χ3v) is 2.52. The average molecular weight is 250 g/mol. The van der Waals surface area contributed by atoms with Crippen molar-refractivity contribution in [2.75, 3.05) is 13.2 Å². The third kappa shape index (κ3) is 4.75. The molecule has 4 nitrogen and oxygen atoms in total. The molecule has 18 heavy (non-hydrogen) atoms. The Bertz CT molecular complexity index is 403. The minimum Gasteiger partial charge on any atom is -0.483 e. The van der Waals surface area contributed by atoms with Crippen molar-refractivity contribution in [3.63, 3.8) is 0 Å². The van der Waals surface area contributed by atoms with E-state index in [-0.39, 0.29) is 6.61 Å². The topological polar surface area (TPSA) is 64.3 Å². The lowest BCUT2D eigenvalue weighted by Crippen LogP contribution is -2.22. The van der Waals surface area contributed by atoms with E-state index in [4.69, 9.17) is 10.5 Å². The van der Waals surface area contributed by atoms with Crippen molar-refractivity contribution in [3.05, 3.63) is 29.3 Å². The van der Waals surface area contributed by atoms with Gasteiger partial charge in [-0.05, 0) is 24.9 Å². The summed E-state index contributed by atoms with van der Waals surface area (Å²) in [6, 6.07) is 5.94. The van der Waals surface area contributed by atoms with Crippen LogP contribution < -0.4 is 15.8 Å². The number of para-hydroxylation sites is 1. The van der Waals surface area contributed by atoms with Gasteiger partial charge >= 0.3 is 0 Å². The molecule has 0 aliphatic heterocycles. The molecule has 0 spiro atoms. The molecular formula is C14H22N2O2. The molecule has 0 saturated heterocycles. The molecule has 1 rings (SSSR count). The minimum atomic E-state index is -0.459. The summed E-state index contributed by atoms with van der Waals surface area (Å²) < 4.78 is 5.47. The quantitative estimate of drug-likeness (QED) is 0.772. The van der Waals surface area contributed by atoms with Gasteiger partial charge in [-0.2, -0.15) is 0 Å². The second-order valence-corrected chi connectivity index (χ2v) is 4.84. The maximum absolute atomic E-state index is 10.8. The number of hydrogen-bond donors (Lipinski definition) is 2. The summed E-state index contributed by atoms with van der Waals surface area (Å²) in [4.78, 5) is 10.8. The molecule has 1 aromatic carbocycles. The SMILES string of the molecule is Cc1cccc(CNCC(C)C)c1OCC(N)=O. The lowest BCUT2D eigenvalue weighted by atomic mass is 10.1. The highest BCUT2D eigenvalue weighted by Crippen LogP contribution is 2.23. The van der Waals surface area contributed by atoms with Crippen molar-refractivity contribution in [3.8, 4) is 5.75 Å². The van der Waals surface area contributed by atoms with Crippen LogP contribution in [0, 0.1) is 12.8 Å². The van der Waals surface area contributed by atoms with Crippen LogP contribution in [-0.4, -0.2) is 19.1 Å². The molecule has 100 valence electrons. The van der Waals surface area contributed by atoms with E-state index in [0.29, 0.717) is 5.92 Å². The van der Waals surface area contributed by atoms with E-state index in [9.17, 15) is 4.79 Å². The van der Waals surface area contributed by atoms with Crippen LogP contribution in [-0.2, 0) is 11.3 Å². The normalized spacial score (nSPS) is 10.7. The van der Waals surface area contributed by atoms with Crippen LogP contribution in [0.4, 0.5) is 0 Å². The number of benzene rings is 1. The maximum atomic E-state index is 10.8. The van der Waals surface area contributed by atoms with Crippen molar-refractivity contribution < 1.29 is 9.53 Å². The molecule has 0 radical (unpaired) electrons. The van der Waals surface area contributed by atoms with Crippen LogP contribution >= 0.6 is 0 Å². The lowest BCUT2D eigenvalue weighted by Gasteiger charge is -2.14. The van der Waals surface area contributed by atoms with Gasteiger partial charge in [-0.3, -0.25) is 4.79 Å². The number of carbonyl (C=O) groups excluding carboxylic acids is 1. The van der Waals surface area contributed by atoms with Crippen LogP contribution in [0.25, 0.3) is 0 Å². The van der Waals surface area contributed by atoms with Crippen molar-refractivity contribution >= 4 is 5.91 Å². The van der Waals surface area contributed by atoms with Gasteiger partial charge in [0.1, 0.15) is 5.75 Å². The van der Waals surface area contributed by atoms with Crippen molar-refractivity contribution in [2.24, 2.45) is 11.7 Å². The Balaban J connectivity index is 2.70. The molecule has 3 N–H and O–H groups in total. The first kappa shape index (κ1) is 14.5. The molecule has 0 aromatic heterocycles. The highest BCUT2D eigenvalue weighted by Gasteiger charge is 2.08. The average Bonchev–Trinajstić information content (AvgIpc) is 2.27. The Morgan fingerprint density at radius 1 is 1.44 bits per heavy atom. The van der Waals surface area contributed by atoms with Crippen molar-refractivity contribution in [2.45, 2.75) is 27.3 Å². The minimum absolute atomic E-state index is 0.0813. The zero-order chi connectivity index (χ0) is 13.5. The number of nitrogens with two attached hydrogens (primary N) is 1. The number of nitrogens with one attached hydrogen (secondary N) is 1. The van der Waals surface area contributed by atoms with Gasteiger partial charge in [-0.25, -0.2) is 0 Å². The number of hydrogen-bond acceptors (Lipinski definition) is 3. The van der Waals surface area contributed by atoms with Gasteiger partial charge < -0.3 is 15.8 Å². The zero-order valence-corrected chi connectivity index (χ0v) is 11.3. The van der Waals surface area contributed by atoms with Gasteiger partial charge in [0.15, 0.2) is 6.61 Å². The van der Waals surface area contributed by atoms with E-state index in [1.54, 1.807) is 0 Å². The van der Waals surface area contributed by atoms with Crippen LogP contribution in [0.2, 0.25) is 0 Å². The molecule has 1 amide bonds. The van der Waals surface area contributed by atoms with Crippen LogP contribution in [0.15, 0.2) is 18.2 Å². The monoisotopic (exact) mass is 250 g/mol. The van der Waals surface area contributed by atoms with Crippen LogP contribution in [0.1, 0.15) is 25.0 Å². The molecule has 0 heterocycles. The smallest absolute Gasteiger partial charge is 0.255 e. The third-order valence-electron chi connectivity index (χ3n) is 2.52. The number of aryl methyl sites for hydroxylation is 1. The largest absolute Gasteiger partial charge is 0.483 e. The Morgan fingerprint density at radius 3 is 2.78 bits per heavy atom. The highest BCUT2D eigenvalue weighted by molar-refractivity contribution is 5.75. The number of rotatable bonds is 7. The highest BCUT2D eigenvalue weighted by atomic mass is 16.5. The summed E-state index contributed by atoms with van der Waals surface area (Å²) in [5.41, 5.74) is 7.17. The second-order valence-electron chi connectivity index (χ2n) is 4.84. The van der Waals surface area contributed by atoms with Gasteiger partial charge in [0.2, 0.25) is 0 Å². The van der Waals surface area contributed by atoms with Gasteiger partial charge in [-0.15, -0.1) is 0 Å². The fourth-order valence-corrected chi connectivity index (χ4v) is 1.70. The number of carbonyl (C=O) groups is 1. The number of ether oxygens (including phenoxy) is 1. The Morgan fingerprint density at radius 2 is 2.17 bits per heavy atom. The second kappa shape index (κ2) is 7.01. The van der Waals surface area contributed by atoms with E-state index in [1.807, 2.05) is 25.1 Å². The van der Waals surface area contributed by atoms with E-state index in [2.05, 4.69) is 19.2 Å². The van der Waals surface area contributed by atoms with E-state index in [0.717, 1.165) is 30.0 Å². The fourth-order valence-electron chi connectivity index (χ4n) is 1.70. The van der Waals surface area contributed by atoms with Crippen molar-refractivity contribution in [1.82, 2.24) is 5.32 Å². The molecule has 4 heteroatoms. The molecule has 1 aromatic rings. The molecule has 0 aliphatic carbocycles. The predicted octanol–water partition coefficient (Wildman–Crippen LogP) is 1.60. The Labute approximate surface area is 109 Å². The molecular weight excluding hydrogens is 228 g/mol. The lowest BCUT2D eigenvalue weighted by molar-refractivity contribution is -0.119. The van der Waals surface area contributed by atoms with Gasteiger partial charge in [-0.1, -0.05) is 32.0 Å². The Hall–Kier alpha value is -1.55. The van der Waals surface area contributed by atoms with Crippen LogP contribution in [0.3, 0.4) is 0 Å². The molecule has 0 aliphatic rings. The molecule has 0 fully saturated rings. The first-order valence-corrected chi connectivity index (χ1v) is 6.21. The van der Waals surface area contributed by atoms with Gasteiger partial charge in [0, 0.05) is 12.1 Å². The summed E-state index contributed by atoms with van der Waals surface area (Å²) >= 11 is 0. The molecule has 0 bridgehead atoms. The summed E-state index contributed by atoms with van der Waals surface area (Å²) in [5.74, 6) is 0.900. The van der Waals surface area contributed by atoms with Gasteiger partial charge in [0.05, 0.1) is 0 Å². The standard InChI is InChI=1S/C14H22N2O2/c1-10(2)7-16-8-12-6-4-5-11(3)14(12)18-9-13(15)17/h4-6,10,16H,7-9H2,1-3H3,(H2,15,17). The maximum Gasteiger partial charge on any atom is 0.255 e. The van der Waals surface area contributed by atoms with E-state index >= 15 is 0 Å². The number of amides is 1. The van der Waals surface area contributed by atoms with Crippen LogP contribution in [0.5, 0.6) is 5.75 Å². The Kier molecular flexibility index (Phi) is 5.65. The first-order valence-electron chi connectivity index (χ1n) is 6.21. The number of primary amides is 1. The summed E-state index contributed by atoms with van der Waals surface area (Å²) in [6.07, 6.45) is 0. The summed E-state index contributed by atoms with van der Waals surface area (Å²) in [7, 11) is 0.